The molecule has 37 heavy (non-hydrogen) atoms. The van der Waals surface area contributed by atoms with Crippen LogP contribution in [0.5, 0.6) is 0 Å². The number of nitrogens with zero attached hydrogens (tertiary/aromatic N) is 2. The first-order valence-electron chi connectivity index (χ1n) is 12.4. The SMILES string of the molecule is N/C(=C1/C=C2CCC[C@@H]3C[C@@](O)(C(F)(F)F)CC[C@@]3(Cc3ccccn3)C2=CN1N)c1ccc(F)cc1. The number of alkyl halides is 3. The molecule has 1 aliphatic heterocycles. The van der Waals surface area contributed by atoms with E-state index in [4.69, 9.17) is 11.6 Å². The summed E-state index contributed by atoms with van der Waals surface area (Å²) in [4.78, 5) is 4.48. The molecule has 0 spiro atoms. The summed E-state index contributed by atoms with van der Waals surface area (Å²) in [7, 11) is 0. The Kier molecular flexibility index (Phi) is 6.40. The molecule has 0 unspecified atom stereocenters. The highest BCUT2D eigenvalue weighted by molar-refractivity contribution is 5.69. The van der Waals surface area contributed by atoms with Crippen molar-refractivity contribution in [1.82, 2.24) is 9.99 Å². The lowest BCUT2D eigenvalue weighted by Gasteiger charge is -2.51. The molecule has 2 heterocycles. The highest BCUT2D eigenvalue weighted by Crippen LogP contribution is 2.60. The highest BCUT2D eigenvalue weighted by Gasteiger charge is 2.61. The number of hydrazine groups is 1. The van der Waals surface area contributed by atoms with E-state index in [2.05, 4.69) is 4.98 Å². The average Bonchev–Trinajstić information content (AvgIpc) is 3.00. The Hall–Kier alpha value is -3.17. The standard InChI is InChI=1S/C28H30F4N4O/c29-21-9-7-18(8-10-21)25(33)24-14-19-4-3-5-20-15-27(37,28(30,31)32)12-11-26(20,23(19)17-36(24)34)16-22-6-1-2-13-35-22/h1-2,6-10,13-14,17,20,37H,3-5,11-12,15-16,33-34H2/b25-24-/t20-,26+,27-/m1/s1. The maximum atomic E-state index is 13.9. The van der Waals surface area contributed by atoms with Crippen molar-refractivity contribution in [2.75, 3.05) is 0 Å². The molecular formula is C28H30F4N4O. The van der Waals surface area contributed by atoms with E-state index in [1.54, 1.807) is 30.6 Å². The molecule has 2 saturated carbocycles. The highest BCUT2D eigenvalue weighted by atomic mass is 19.4. The van der Waals surface area contributed by atoms with Crippen molar-refractivity contribution in [3.63, 3.8) is 0 Å². The van der Waals surface area contributed by atoms with Crippen LogP contribution in [0.1, 0.15) is 49.8 Å². The lowest BCUT2D eigenvalue weighted by Crippen LogP contribution is -2.54. The predicted molar refractivity (Wildman–Crippen MR) is 132 cm³/mol. The Morgan fingerprint density at radius 2 is 1.89 bits per heavy atom. The number of nitrogens with two attached hydrogens (primary N) is 2. The molecule has 0 amide bonds. The molecule has 2 aromatic rings. The van der Waals surface area contributed by atoms with Crippen LogP contribution < -0.4 is 11.6 Å². The van der Waals surface area contributed by atoms with Crippen LogP contribution in [0.15, 0.2) is 77.8 Å². The van der Waals surface area contributed by atoms with Crippen molar-refractivity contribution >= 4 is 5.70 Å². The van der Waals surface area contributed by atoms with Gasteiger partial charge in [0.15, 0.2) is 5.60 Å². The third-order valence-corrected chi connectivity index (χ3v) is 8.27. The van der Waals surface area contributed by atoms with E-state index in [1.807, 2.05) is 18.2 Å². The lowest BCUT2D eigenvalue weighted by molar-refractivity contribution is -0.281. The molecule has 3 aliphatic rings. The Labute approximate surface area is 213 Å². The van der Waals surface area contributed by atoms with Gasteiger partial charge in [-0.1, -0.05) is 6.07 Å². The second kappa shape index (κ2) is 9.29. The van der Waals surface area contributed by atoms with E-state index in [1.165, 1.54) is 17.1 Å². The third kappa shape index (κ3) is 4.55. The number of pyridine rings is 1. The fraction of sp³-hybridized carbons (Fsp3) is 0.393. The fourth-order valence-corrected chi connectivity index (χ4v) is 6.28. The van der Waals surface area contributed by atoms with Crippen molar-refractivity contribution in [2.24, 2.45) is 22.9 Å². The molecule has 3 atom stereocenters. The normalized spacial score (nSPS) is 29.5. The summed E-state index contributed by atoms with van der Waals surface area (Å²) < 4.78 is 55.1. The van der Waals surface area contributed by atoms with Crippen LogP contribution in [0, 0.1) is 17.2 Å². The summed E-state index contributed by atoms with van der Waals surface area (Å²) in [5.74, 6) is 5.66. The molecule has 2 aliphatic carbocycles. The first-order valence-corrected chi connectivity index (χ1v) is 12.4. The van der Waals surface area contributed by atoms with Crippen LogP contribution in [0.2, 0.25) is 0 Å². The van der Waals surface area contributed by atoms with E-state index in [-0.39, 0.29) is 18.7 Å². The number of halogens is 4. The Morgan fingerprint density at radius 3 is 2.57 bits per heavy atom. The number of benzene rings is 1. The van der Waals surface area contributed by atoms with Gasteiger partial charge in [0.05, 0.1) is 11.4 Å². The van der Waals surface area contributed by atoms with E-state index in [0.29, 0.717) is 42.6 Å². The van der Waals surface area contributed by atoms with Crippen LogP contribution in [0.4, 0.5) is 17.6 Å². The van der Waals surface area contributed by atoms with Crippen molar-refractivity contribution in [3.05, 3.63) is 94.9 Å². The largest absolute Gasteiger partial charge is 0.417 e. The quantitative estimate of drug-likeness (QED) is 0.380. The number of fused-ring (bicyclic) bond motifs is 3. The molecule has 0 saturated heterocycles. The topological polar surface area (TPSA) is 88.4 Å². The fourth-order valence-electron chi connectivity index (χ4n) is 6.28. The predicted octanol–water partition coefficient (Wildman–Crippen LogP) is 5.35. The molecule has 196 valence electrons. The average molecular weight is 515 g/mol. The third-order valence-electron chi connectivity index (χ3n) is 8.27. The molecule has 1 aromatic heterocycles. The first kappa shape index (κ1) is 25.5. The van der Waals surface area contributed by atoms with Gasteiger partial charge in [-0.2, -0.15) is 13.2 Å². The van der Waals surface area contributed by atoms with Crippen molar-refractivity contribution in [2.45, 2.75) is 56.7 Å². The van der Waals surface area contributed by atoms with Crippen LogP contribution in [-0.4, -0.2) is 26.9 Å². The monoisotopic (exact) mass is 514 g/mol. The van der Waals surface area contributed by atoms with Gasteiger partial charge in [0.2, 0.25) is 0 Å². The van der Waals surface area contributed by atoms with E-state index >= 15 is 0 Å². The van der Waals surface area contributed by atoms with Gasteiger partial charge in [0.1, 0.15) is 5.82 Å². The summed E-state index contributed by atoms with van der Waals surface area (Å²) in [6.45, 7) is 0. The maximum Gasteiger partial charge on any atom is 0.417 e. The van der Waals surface area contributed by atoms with Crippen LogP contribution >= 0.6 is 0 Å². The molecule has 5 rings (SSSR count). The minimum atomic E-state index is -4.70. The zero-order chi connectivity index (χ0) is 26.4. The molecule has 9 heteroatoms. The Bertz CT molecular complexity index is 1260. The Balaban J connectivity index is 1.60. The molecule has 2 fully saturated rings. The van der Waals surface area contributed by atoms with Gasteiger partial charge >= 0.3 is 6.18 Å². The van der Waals surface area contributed by atoms with Crippen LogP contribution in [-0.2, 0) is 6.42 Å². The maximum absolute atomic E-state index is 13.9. The summed E-state index contributed by atoms with van der Waals surface area (Å²) in [5, 5.41) is 12.1. The molecule has 0 bridgehead atoms. The zero-order valence-electron chi connectivity index (χ0n) is 20.3. The van der Waals surface area contributed by atoms with Crippen molar-refractivity contribution < 1.29 is 22.7 Å². The summed E-state index contributed by atoms with van der Waals surface area (Å²) in [5.41, 5.74) is 7.20. The molecule has 5 nitrogen and oxygen atoms in total. The smallest absolute Gasteiger partial charge is 0.397 e. The number of aliphatic hydroxyl groups is 1. The van der Waals surface area contributed by atoms with Crippen molar-refractivity contribution in [1.29, 1.82) is 0 Å². The van der Waals surface area contributed by atoms with Crippen LogP contribution in [0.3, 0.4) is 0 Å². The summed E-state index contributed by atoms with van der Waals surface area (Å²) in [6.07, 6.45) is 2.34. The summed E-state index contributed by atoms with van der Waals surface area (Å²) in [6, 6.07) is 11.3. The van der Waals surface area contributed by atoms with Gasteiger partial charge in [0, 0.05) is 23.5 Å². The second-order valence-electron chi connectivity index (χ2n) is 10.4. The van der Waals surface area contributed by atoms with Gasteiger partial charge in [-0.25, -0.2) is 10.2 Å². The summed E-state index contributed by atoms with van der Waals surface area (Å²) >= 11 is 0. The number of hydrogen-bond donors (Lipinski definition) is 3. The lowest BCUT2D eigenvalue weighted by atomic mass is 9.55. The van der Waals surface area contributed by atoms with E-state index in [9.17, 15) is 22.7 Å². The molecular weight excluding hydrogens is 484 g/mol. The van der Waals surface area contributed by atoms with Gasteiger partial charge < -0.3 is 10.8 Å². The number of allylic oxidation sites excluding steroid dienone is 3. The second-order valence-corrected chi connectivity index (χ2v) is 10.4. The van der Waals surface area contributed by atoms with Crippen LogP contribution in [0.25, 0.3) is 5.70 Å². The van der Waals surface area contributed by atoms with E-state index in [0.717, 1.165) is 16.8 Å². The molecule has 0 radical (unpaired) electrons. The number of aromatic nitrogens is 1. The number of hydrogen-bond acceptors (Lipinski definition) is 5. The zero-order valence-corrected chi connectivity index (χ0v) is 20.3. The minimum absolute atomic E-state index is 0.147. The first-order chi connectivity index (χ1) is 17.5. The van der Waals surface area contributed by atoms with E-state index < -0.39 is 29.5 Å². The van der Waals surface area contributed by atoms with Gasteiger partial charge in [-0.3, -0.25) is 9.99 Å². The number of rotatable bonds is 3. The van der Waals surface area contributed by atoms with Crippen molar-refractivity contribution in [3.8, 4) is 0 Å². The molecule has 5 N–H and O–H groups in total. The Morgan fingerprint density at radius 1 is 1.14 bits per heavy atom. The minimum Gasteiger partial charge on any atom is -0.397 e. The van der Waals surface area contributed by atoms with Gasteiger partial charge in [-0.05, 0) is 110 Å². The van der Waals surface area contributed by atoms with Gasteiger partial charge in [-0.15, -0.1) is 0 Å². The molecule has 1 aromatic carbocycles. The van der Waals surface area contributed by atoms with Gasteiger partial charge in [0.25, 0.3) is 0 Å².